The molecule has 136 valence electrons. The Balaban J connectivity index is 1.95. The quantitative estimate of drug-likeness (QED) is 0.565. The maximum Gasteiger partial charge on any atom is 0.257 e. The number of amides is 2. The first-order chi connectivity index (χ1) is 12.4. The zero-order valence-electron chi connectivity index (χ0n) is 14.8. The molecule has 7 nitrogen and oxygen atoms in total. The number of rotatable bonds is 4. The fourth-order valence-corrected chi connectivity index (χ4v) is 3.65. The van der Waals surface area contributed by atoms with Gasteiger partial charge in [-0.1, -0.05) is 24.8 Å². The summed E-state index contributed by atoms with van der Waals surface area (Å²) in [4.78, 5) is 44.3. The van der Waals surface area contributed by atoms with Crippen LogP contribution in [0.5, 0.6) is 0 Å². The molecule has 2 heterocycles. The summed E-state index contributed by atoms with van der Waals surface area (Å²) in [5, 5.41) is 5.84. The maximum absolute atomic E-state index is 12.8. The predicted octanol–water partition coefficient (Wildman–Crippen LogP) is 2.56. The van der Waals surface area contributed by atoms with Gasteiger partial charge in [-0.15, -0.1) is 0 Å². The van der Waals surface area contributed by atoms with Crippen LogP contribution in [-0.4, -0.2) is 27.5 Å². The Kier molecular flexibility index (Phi) is 5.13. The molecule has 0 spiro atoms. The zero-order chi connectivity index (χ0) is 18.8. The molecule has 0 saturated carbocycles. The minimum atomic E-state index is -0.878. The Bertz CT molecular complexity index is 918. The van der Waals surface area contributed by atoms with Crippen LogP contribution in [0.25, 0.3) is 0 Å². The Labute approximate surface area is 155 Å². The van der Waals surface area contributed by atoms with E-state index in [-0.39, 0.29) is 23.7 Å². The highest BCUT2D eigenvalue weighted by Crippen LogP contribution is 2.30. The first-order valence-corrected chi connectivity index (χ1v) is 9.32. The molecule has 0 fully saturated rings. The predicted molar refractivity (Wildman–Crippen MR) is 102 cm³/mol. The lowest BCUT2D eigenvalue weighted by Crippen LogP contribution is -2.36. The van der Waals surface area contributed by atoms with Crippen molar-refractivity contribution in [2.75, 3.05) is 16.4 Å². The van der Waals surface area contributed by atoms with E-state index < -0.39 is 17.4 Å². The van der Waals surface area contributed by atoms with Gasteiger partial charge in [-0.2, -0.15) is 0 Å². The number of aryl methyl sites for hydroxylation is 2. The first-order valence-electron chi connectivity index (χ1n) is 8.33. The molecule has 1 aliphatic rings. The lowest BCUT2D eigenvalue weighted by Gasteiger charge is -2.23. The van der Waals surface area contributed by atoms with E-state index in [0.29, 0.717) is 10.8 Å². The highest BCUT2D eigenvalue weighted by Gasteiger charge is 2.34. The van der Waals surface area contributed by atoms with Gasteiger partial charge in [0.05, 0.1) is 11.5 Å². The van der Waals surface area contributed by atoms with Crippen molar-refractivity contribution in [1.29, 1.82) is 0 Å². The number of fused-ring (bicyclic) bond motifs is 1. The van der Waals surface area contributed by atoms with E-state index in [1.165, 1.54) is 11.8 Å². The third-order valence-electron chi connectivity index (χ3n) is 4.02. The Morgan fingerprint density at radius 2 is 1.96 bits per heavy atom. The third kappa shape index (κ3) is 3.80. The minimum absolute atomic E-state index is 0.0886. The lowest BCUT2D eigenvalue weighted by molar-refractivity contribution is -0.123. The van der Waals surface area contributed by atoms with Crippen LogP contribution >= 0.6 is 11.8 Å². The van der Waals surface area contributed by atoms with Gasteiger partial charge in [0, 0.05) is 12.1 Å². The molecule has 3 N–H and O–H groups in total. The molecule has 8 heteroatoms. The summed E-state index contributed by atoms with van der Waals surface area (Å²) in [5.41, 5.74) is 2.48. The number of hydrogen-bond donors (Lipinski definition) is 3. The van der Waals surface area contributed by atoms with Gasteiger partial charge in [0.2, 0.25) is 11.8 Å². The summed E-state index contributed by atoms with van der Waals surface area (Å²) in [6.45, 7) is 5.81. The number of carbonyl (C=O) groups is 2. The number of carbonyl (C=O) groups excluding carboxylic acids is 2. The van der Waals surface area contributed by atoms with Crippen molar-refractivity contribution in [1.82, 2.24) is 9.97 Å². The van der Waals surface area contributed by atoms with E-state index in [1.807, 2.05) is 39.0 Å². The van der Waals surface area contributed by atoms with Gasteiger partial charge in [-0.05, 0) is 42.9 Å². The second-order valence-corrected chi connectivity index (χ2v) is 7.49. The fourth-order valence-electron chi connectivity index (χ4n) is 3.06. The minimum Gasteiger partial charge on any atom is -0.326 e. The molecule has 2 aromatic rings. The fraction of sp³-hybridized carbons (Fsp3) is 0.333. The van der Waals surface area contributed by atoms with Crippen molar-refractivity contribution in [3.8, 4) is 0 Å². The molecule has 26 heavy (non-hydrogen) atoms. The van der Waals surface area contributed by atoms with Crippen LogP contribution in [0.15, 0.2) is 28.2 Å². The summed E-state index contributed by atoms with van der Waals surface area (Å²) in [6, 6.07) is 5.69. The average molecular weight is 372 g/mol. The molecule has 2 amide bonds. The summed E-state index contributed by atoms with van der Waals surface area (Å²) in [5.74, 6) is -0.706. The standard InChI is InChI=1S/C18H20N4O3S/c1-4-26-18-21-15-14(17(25)22-18)12(8-13(23)20-15)16(24)19-11-6-9(2)5-10(3)7-11/h5-7,12H,4,8H2,1-3H3,(H,19,24)(H2,20,21,22,23,25)/t12-/m0/s1. The lowest BCUT2D eigenvalue weighted by atomic mass is 9.92. The van der Waals surface area contributed by atoms with Crippen LogP contribution in [-0.2, 0) is 9.59 Å². The molecule has 3 rings (SSSR count). The van der Waals surface area contributed by atoms with Crippen molar-refractivity contribution in [3.05, 3.63) is 45.2 Å². The first kappa shape index (κ1) is 18.2. The SMILES string of the molecule is CCSc1nc2c(c(=O)[nH]1)[C@@H](C(=O)Nc1cc(C)cc(C)c1)CC(=O)N2. The largest absolute Gasteiger partial charge is 0.326 e. The van der Waals surface area contributed by atoms with E-state index in [1.54, 1.807) is 0 Å². The number of aromatic nitrogens is 2. The molecular weight excluding hydrogens is 352 g/mol. The number of benzene rings is 1. The van der Waals surface area contributed by atoms with Crippen LogP contribution in [0.3, 0.4) is 0 Å². The van der Waals surface area contributed by atoms with Crippen LogP contribution in [0.2, 0.25) is 0 Å². The summed E-state index contributed by atoms with van der Waals surface area (Å²) in [6.07, 6.45) is -0.0886. The van der Waals surface area contributed by atoms with E-state index in [4.69, 9.17) is 0 Å². The van der Waals surface area contributed by atoms with Gasteiger partial charge in [-0.3, -0.25) is 14.4 Å². The van der Waals surface area contributed by atoms with Crippen molar-refractivity contribution < 1.29 is 9.59 Å². The van der Waals surface area contributed by atoms with Gasteiger partial charge in [0.1, 0.15) is 5.82 Å². The summed E-state index contributed by atoms with van der Waals surface area (Å²) in [7, 11) is 0. The molecule has 0 radical (unpaired) electrons. The smallest absolute Gasteiger partial charge is 0.257 e. The molecule has 0 aliphatic carbocycles. The van der Waals surface area contributed by atoms with Gasteiger partial charge in [-0.25, -0.2) is 4.98 Å². The Hall–Kier alpha value is -2.61. The van der Waals surface area contributed by atoms with Crippen LogP contribution in [0.1, 0.15) is 36.0 Å². The topological polar surface area (TPSA) is 104 Å². The Morgan fingerprint density at radius 1 is 1.27 bits per heavy atom. The van der Waals surface area contributed by atoms with Gasteiger partial charge < -0.3 is 15.6 Å². The number of H-pyrrole nitrogens is 1. The zero-order valence-corrected chi connectivity index (χ0v) is 15.6. The molecule has 0 unspecified atom stereocenters. The van der Waals surface area contributed by atoms with Crippen molar-refractivity contribution in [2.24, 2.45) is 0 Å². The normalized spacial score (nSPS) is 16.0. The Morgan fingerprint density at radius 3 is 2.62 bits per heavy atom. The molecule has 1 atom stereocenters. The number of thioether (sulfide) groups is 1. The molecule has 1 aliphatic heterocycles. The second kappa shape index (κ2) is 7.33. The van der Waals surface area contributed by atoms with Crippen molar-refractivity contribution >= 4 is 35.1 Å². The van der Waals surface area contributed by atoms with Crippen LogP contribution in [0, 0.1) is 13.8 Å². The molecule has 1 aromatic carbocycles. The van der Waals surface area contributed by atoms with Crippen molar-refractivity contribution in [3.63, 3.8) is 0 Å². The molecule has 0 saturated heterocycles. The number of anilines is 2. The highest BCUT2D eigenvalue weighted by atomic mass is 32.2. The maximum atomic E-state index is 12.8. The number of hydrogen-bond acceptors (Lipinski definition) is 5. The monoisotopic (exact) mass is 372 g/mol. The highest BCUT2D eigenvalue weighted by molar-refractivity contribution is 7.99. The van der Waals surface area contributed by atoms with Crippen LogP contribution < -0.4 is 16.2 Å². The second-order valence-electron chi connectivity index (χ2n) is 6.24. The number of aromatic amines is 1. The average Bonchev–Trinajstić information content (AvgIpc) is 2.52. The summed E-state index contributed by atoms with van der Waals surface area (Å²) < 4.78 is 0. The van der Waals surface area contributed by atoms with Gasteiger partial charge in [0.15, 0.2) is 5.16 Å². The van der Waals surface area contributed by atoms with E-state index in [0.717, 1.165) is 16.9 Å². The van der Waals surface area contributed by atoms with Crippen molar-refractivity contribution in [2.45, 2.75) is 38.3 Å². The molecule has 0 bridgehead atoms. The molecular formula is C18H20N4O3S. The van der Waals surface area contributed by atoms with E-state index in [2.05, 4.69) is 20.6 Å². The van der Waals surface area contributed by atoms with Gasteiger partial charge >= 0.3 is 0 Å². The summed E-state index contributed by atoms with van der Waals surface area (Å²) >= 11 is 1.36. The third-order valence-corrected chi connectivity index (χ3v) is 4.77. The number of nitrogens with zero attached hydrogens (tertiary/aromatic N) is 1. The van der Waals surface area contributed by atoms with Gasteiger partial charge in [0.25, 0.3) is 5.56 Å². The van der Waals surface area contributed by atoms with E-state index >= 15 is 0 Å². The van der Waals surface area contributed by atoms with Crippen LogP contribution in [0.4, 0.5) is 11.5 Å². The molecule has 1 aromatic heterocycles. The number of nitrogens with one attached hydrogen (secondary N) is 3. The van der Waals surface area contributed by atoms with E-state index in [9.17, 15) is 14.4 Å².